The lowest BCUT2D eigenvalue weighted by Crippen LogP contribution is -2.14. The molecule has 0 saturated carbocycles. The van der Waals surface area contributed by atoms with Crippen molar-refractivity contribution in [2.75, 3.05) is 26.1 Å². The summed E-state index contributed by atoms with van der Waals surface area (Å²) in [6.07, 6.45) is 1.68. The molecule has 0 aliphatic heterocycles. The fraction of sp³-hybridized carbons (Fsp3) is 0.267. The molecule has 2 aromatic rings. The normalized spacial score (nSPS) is 10.4. The van der Waals surface area contributed by atoms with Crippen LogP contribution in [0.1, 0.15) is 5.56 Å². The first-order chi connectivity index (χ1) is 9.67. The molecule has 0 spiro atoms. The van der Waals surface area contributed by atoms with Gasteiger partial charge in [0.15, 0.2) is 0 Å². The molecule has 106 valence electrons. The van der Waals surface area contributed by atoms with Gasteiger partial charge in [-0.2, -0.15) is 0 Å². The number of pyridine rings is 1. The smallest absolute Gasteiger partial charge is 0.142 e. The Balaban J connectivity index is 2.37. The lowest BCUT2D eigenvalue weighted by Gasteiger charge is -2.21. The average molecular weight is 292 g/mol. The van der Waals surface area contributed by atoms with Crippen molar-refractivity contribution in [1.29, 1.82) is 0 Å². The summed E-state index contributed by atoms with van der Waals surface area (Å²) in [6, 6.07) is 9.81. The van der Waals surface area contributed by atoms with Crippen molar-refractivity contribution < 1.29 is 4.74 Å². The zero-order valence-electron chi connectivity index (χ0n) is 11.9. The first-order valence-corrected chi connectivity index (χ1v) is 6.71. The van der Waals surface area contributed by atoms with Crippen molar-refractivity contribution in [1.82, 2.24) is 10.3 Å². The lowest BCUT2D eigenvalue weighted by molar-refractivity contribution is 0.415. The third-order valence-electron chi connectivity index (χ3n) is 3.08. The summed E-state index contributed by atoms with van der Waals surface area (Å²) < 4.78 is 5.38. The second-order valence-corrected chi connectivity index (χ2v) is 4.80. The van der Waals surface area contributed by atoms with Crippen molar-refractivity contribution in [3.05, 3.63) is 47.1 Å². The topological polar surface area (TPSA) is 37.4 Å². The van der Waals surface area contributed by atoms with Crippen LogP contribution in [-0.2, 0) is 6.54 Å². The molecule has 1 N–H and O–H groups in total. The van der Waals surface area contributed by atoms with Crippen LogP contribution in [0.4, 0.5) is 11.5 Å². The van der Waals surface area contributed by atoms with E-state index in [4.69, 9.17) is 16.3 Å². The van der Waals surface area contributed by atoms with E-state index in [0.717, 1.165) is 22.8 Å². The molecule has 0 radical (unpaired) electrons. The van der Waals surface area contributed by atoms with E-state index in [-0.39, 0.29) is 0 Å². The van der Waals surface area contributed by atoms with Gasteiger partial charge in [-0.3, -0.25) is 0 Å². The highest BCUT2D eigenvalue weighted by atomic mass is 35.5. The van der Waals surface area contributed by atoms with E-state index < -0.39 is 0 Å². The number of methoxy groups -OCH3 is 1. The maximum Gasteiger partial charge on any atom is 0.142 e. The molecule has 0 saturated heterocycles. The number of aromatic nitrogens is 1. The zero-order valence-corrected chi connectivity index (χ0v) is 12.6. The Morgan fingerprint density at radius 1 is 1.35 bits per heavy atom. The standard InChI is InChI=1S/C15H18ClN3O/c1-17-9-11-8-15(18-10-12(11)16)19(2)13-6-4-5-7-14(13)20-3/h4-8,10,17H,9H2,1-3H3. The molecule has 5 heteroatoms. The number of hydrogen-bond donors (Lipinski definition) is 1. The summed E-state index contributed by atoms with van der Waals surface area (Å²) in [5.41, 5.74) is 1.97. The van der Waals surface area contributed by atoms with Gasteiger partial charge >= 0.3 is 0 Å². The van der Waals surface area contributed by atoms with Gasteiger partial charge in [0.05, 0.1) is 17.8 Å². The molecule has 0 unspecified atom stereocenters. The average Bonchev–Trinajstić information content (AvgIpc) is 2.49. The van der Waals surface area contributed by atoms with Crippen molar-refractivity contribution in [2.45, 2.75) is 6.54 Å². The van der Waals surface area contributed by atoms with E-state index >= 15 is 0 Å². The molecule has 20 heavy (non-hydrogen) atoms. The highest BCUT2D eigenvalue weighted by Crippen LogP contribution is 2.32. The number of halogens is 1. The highest BCUT2D eigenvalue weighted by molar-refractivity contribution is 6.31. The van der Waals surface area contributed by atoms with Gasteiger partial charge in [0.2, 0.25) is 0 Å². The molecule has 0 aliphatic rings. The first kappa shape index (κ1) is 14.6. The summed E-state index contributed by atoms with van der Waals surface area (Å²) in [4.78, 5) is 6.36. The van der Waals surface area contributed by atoms with E-state index in [1.807, 2.05) is 49.3 Å². The van der Waals surface area contributed by atoms with Crippen LogP contribution in [-0.4, -0.2) is 26.2 Å². The number of hydrogen-bond acceptors (Lipinski definition) is 4. The van der Waals surface area contributed by atoms with Crippen LogP contribution in [0.2, 0.25) is 5.02 Å². The van der Waals surface area contributed by atoms with Gasteiger partial charge < -0.3 is 15.0 Å². The molecule has 4 nitrogen and oxygen atoms in total. The van der Waals surface area contributed by atoms with Gasteiger partial charge in [-0.1, -0.05) is 23.7 Å². The largest absolute Gasteiger partial charge is 0.495 e. The Morgan fingerprint density at radius 2 is 2.10 bits per heavy atom. The maximum atomic E-state index is 6.14. The van der Waals surface area contributed by atoms with Crippen LogP contribution in [0.25, 0.3) is 0 Å². The predicted octanol–water partition coefficient (Wildman–Crippen LogP) is 3.23. The molecular formula is C15H18ClN3O. The van der Waals surface area contributed by atoms with E-state index in [1.54, 1.807) is 13.3 Å². The summed E-state index contributed by atoms with van der Waals surface area (Å²) in [7, 11) is 5.51. The summed E-state index contributed by atoms with van der Waals surface area (Å²) in [5.74, 6) is 1.63. The minimum Gasteiger partial charge on any atom is -0.495 e. The zero-order chi connectivity index (χ0) is 14.5. The Hall–Kier alpha value is -1.78. The summed E-state index contributed by atoms with van der Waals surface area (Å²) in [6.45, 7) is 0.702. The Morgan fingerprint density at radius 3 is 2.80 bits per heavy atom. The minimum atomic E-state index is 0.663. The van der Waals surface area contributed by atoms with Crippen molar-refractivity contribution in [3.63, 3.8) is 0 Å². The van der Waals surface area contributed by atoms with Crippen molar-refractivity contribution in [2.24, 2.45) is 0 Å². The van der Waals surface area contributed by atoms with Gasteiger partial charge in [0.1, 0.15) is 11.6 Å². The first-order valence-electron chi connectivity index (χ1n) is 6.33. The van der Waals surface area contributed by atoms with E-state index in [2.05, 4.69) is 10.3 Å². The number of rotatable bonds is 5. The number of para-hydroxylation sites is 2. The molecular weight excluding hydrogens is 274 g/mol. The fourth-order valence-electron chi connectivity index (χ4n) is 2.01. The van der Waals surface area contributed by atoms with Crippen LogP contribution in [0.5, 0.6) is 5.75 Å². The van der Waals surface area contributed by atoms with Crippen molar-refractivity contribution in [3.8, 4) is 5.75 Å². The van der Waals surface area contributed by atoms with Gasteiger partial charge in [-0.05, 0) is 30.8 Å². The van der Waals surface area contributed by atoms with Crippen molar-refractivity contribution >= 4 is 23.1 Å². The van der Waals surface area contributed by atoms with Crippen LogP contribution < -0.4 is 15.0 Å². The van der Waals surface area contributed by atoms with Gasteiger partial charge in [-0.15, -0.1) is 0 Å². The molecule has 1 heterocycles. The van der Waals surface area contributed by atoms with Gasteiger partial charge in [0.25, 0.3) is 0 Å². The number of nitrogens with zero attached hydrogens (tertiary/aromatic N) is 2. The lowest BCUT2D eigenvalue weighted by atomic mass is 10.2. The SMILES string of the molecule is CNCc1cc(N(C)c2ccccc2OC)ncc1Cl. The van der Waals surface area contributed by atoms with Crippen LogP contribution >= 0.6 is 11.6 Å². The van der Waals surface area contributed by atoms with E-state index in [9.17, 15) is 0 Å². The molecule has 1 aromatic carbocycles. The second kappa shape index (κ2) is 6.59. The minimum absolute atomic E-state index is 0.663. The molecule has 0 aliphatic carbocycles. The summed E-state index contributed by atoms with van der Waals surface area (Å²) >= 11 is 6.14. The number of benzene rings is 1. The fourth-order valence-corrected chi connectivity index (χ4v) is 2.18. The number of anilines is 2. The second-order valence-electron chi connectivity index (χ2n) is 4.40. The Labute approximate surface area is 124 Å². The van der Waals surface area contributed by atoms with Gasteiger partial charge in [-0.25, -0.2) is 4.98 Å². The molecule has 0 bridgehead atoms. The molecule has 1 aromatic heterocycles. The van der Waals surface area contributed by atoms with E-state index in [0.29, 0.717) is 11.6 Å². The van der Waals surface area contributed by atoms with Crippen LogP contribution in [0, 0.1) is 0 Å². The molecule has 0 fully saturated rings. The molecule has 0 atom stereocenters. The third-order valence-corrected chi connectivity index (χ3v) is 3.42. The number of nitrogens with one attached hydrogen (secondary N) is 1. The van der Waals surface area contributed by atoms with Crippen LogP contribution in [0.15, 0.2) is 36.5 Å². The van der Waals surface area contributed by atoms with Gasteiger partial charge in [0, 0.05) is 19.8 Å². The molecule has 0 amide bonds. The highest BCUT2D eigenvalue weighted by Gasteiger charge is 2.12. The third kappa shape index (κ3) is 3.03. The predicted molar refractivity (Wildman–Crippen MR) is 83.1 cm³/mol. The number of ether oxygens (including phenoxy) is 1. The Bertz CT molecular complexity index is 589. The van der Waals surface area contributed by atoms with Crippen LogP contribution in [0.3, 0.4) is 0 Å². The maximum absolute atomic E-state index is 6.14. The quantitative estimate of drug-likeness (QED) is 0.918. The Kier molecular flexibility index (Phi) is 4.82. The van der Waals surface area contributed by atoms with E-state index in [1.165, 1.54) is 0 Å². The molecule has 2 rings (SSSR count). The summed E-state index contributed by atoms with van der Waals surface area (Å²) in [5, 5.41) is 3.76. The monoisotopic (exact) mass is 291 g/mol.